The Balaban J connectivity index is 2.18. The van der Waals surface area contributed by atoms with Crippen LogP contribution in [0.4, 0.5) is 5.69 Å². The zero-order valence-corrected chi connectivity index (χ0v) is 10.7. The third-order valence-corrected chi connectivity index (χ3v) is 2.70. The summed E-state index contributed by atoms with van der Waals surface area (Å²) in [6.07, 6.45) is 4.82. The lowest BCUT2D eigenvalue weighted by atomic mass is 10.2. The molecular weight excluding hydrogens is 258 g/mol. The van der Waals surface area contributed by atoms with E-state index >= 15 is 0 Å². The van der Waals surface area contributed by atoms with Crippen molar-refractivity contribution in [1.82, 2.24) is 9.55 Å². The number of benzene rings is 1. The predicted molar refractivity (Wildman–Crippen MR) is 74.0 cm³/mol. The van der Waals surface area contributed by atoms with Gasteiger partial charge in [-0.05, 0) is 12.1 Å². The number of anilines is 1. The molecule has 0 bridgehead atoms. The van der Waals surface area contributed by atoms with E-state index in [9.17, 15) is 9.59 Å². The molecule has 0 saturated carbocycles. The van der Waals surface area contributed by atoms with Crippen LogP contribution in [-0.4, -0.2) is 27.4 Å². The van der Waals surface area contributed by atoms with Gasteiger partial charge in [0.25, 0.3) is 0 Å². The minimum atomic E-state index is -0.969. The van der Waals surface area contributed by atoms with E-state index in [2.05, 4.69) is 10.3 Å². The molecule has 0 aliphatic carbocycles. The van der Waals surface area contributed by atoms with Crippen molar-refractivity contribution < 1.29 is 9.59 Å². The number of hydrogen-bond donors (Lipinski definition) is 3. The smallest absolute Gasteiger partial charge is 0.241 e. The Morgan fingerprint density at radius 3 is 2.75 bits per heavy atom. The average molecular weight is 273 g/mol. The molecule has 20 heavy (non-hydrogen) atoms. The second-order valence-corrected chi connectivity index (χ2v) is 4.25. The van der Waals surface area contributed by atoms with Gasteiger partial charge < -0.3 is 21.4 Å². The number of carbonyl (C=O) groups is 2. The van der Waals surface area contributed by atoms with E-state index in [1.54, 1.807) is 35.4 Å². The van der Waals surface area contributed by atoms with Gasteiger partial charge in [-0.3, -0.25) is 9.59 Å². The molecule has 0 saturated heterocycles. The van der Waals surface area contributed by atoms with Gasteiger partial charge in [0.15, 0.2) is 0 Å². The summed E-state index contributed by atoms with van der Waals surface area (Å²) in [6.45, 7) is 0. The molecule has 1 unspecified atom stereocenters. The highest BCUT2D eigenvalue weighted by Crippen LogP contribution is 2.19. The normalized spacial score (nSPS) is 11.8. The van der Waals surface area contributed by atoms with E-state index in [0.29, 0.717) is 5.69 Å². The molecule has 104 valence electrons. The van der Waals surface area contributed by atoms with Crippen LogP contribution in [-0.2, 0) is 9.59 Å². The van der Waals surface area contributed by atoms with Gasteiger partial charge in [0.05, 0.1) is 30.2 Å². The number of para-hydroxylation sites is 2. The highest BCUT2D eigenvalue weighted by Gasteiger charge is 2.17. The fourth-order valence-corrected chi connectivity index (χ4v) is 1.74. The molecule has 2 rings (SSSR count). The van der Waals surface area contributed by atoms with Gasteiger partial charge in [0.1, 0.15) is 0 Å². The van der Waals surface area contributed by atoms with Gasteiger partial charge in [-0.2, -0.15) is 0 Å². The molecule has 0 aliphatic heterocycles. The number of imidazole rings is 1. The lowest BCUT2D eigenvalue weighted by Gasteiger charge is -2.14. The Bertz CT molecular complexity index is 609. The van der Waals surface area contributed by atoms with E-state index in [1.807, 2.05) is 12.1 Å². The SMILES string of the molecule is NC(=O)CC(N)C(=O)Nc1ccccc1-n1ccnc1. The summed E-state index contributed by atoms with van der Waals surface area (Å²) in [6, 6.07) is 6.23. The molecule has 7 heteroatoms. The van der Waals surface area contributed by atoms with Crippen molar-refractivity contribution in [3.8, 4) is 5.69 Å². The molecule has 0 radical (unpaired) electrons. The number of rotatable bonds is 5. The lowest BCUT2D eigenvalue weighted by Crippen LogP contribution is -2.39. The zero-order chi connectivity index (χ0) is 14.5. The maximum atomic E-state index is 11.9. The summed E-state index contributed by atoms with van der Waals surface area (Å²) in [5.74, 6) is -1.08. The van der Waals surface area contributed by atoms with Crippen molar-refractivity contribution in [3.63, 3.8) is 0 Å². The minimum Gasteiger partial charge on any atom is -0.370 e. The van der Waals surface area contributed by atoms with Gasteiger partial charge in [-0.1, -0.05) is 12.1 Å². The van der Waals surface area contributed by atoms with E-state index < -0.39 is 17.9 Å². The van der Waals surface area contributed by atoms with Gasteiger partial charge in [0, 0.05) is 12.4 Å². The van der Waals surface area contributed by atoms with Crippen molar-refractivity contribution in [3.05, 3.63) is 43.0 Å². The van der Waals surface area contributed by atoms with Crippen LogP contribution >= 0.6 is 0 Å². The molecule has 2 amide bonds. The number of amides is 2. The molecule has 1 atom stereocenters. The van der Waals surface area contributed by atoms with Crippen molar-refractivity contribution >= 4 is 17.5 Å². The van der Waals surface area contributed by atoms with Crippen LogP contribution in [0.15, 0.2) is 43.0 Å². The van der Waals surface area contributed by atoms with Gasteiger partial charge in [-0.15, -0.1) is 0 Å². The van der Waals surface area contributed by atoms with Gasteiger partial charge >= 0.3 is 0 Å². The first-order chi connectivity index (χ1) is 9.58. The second-order valence-electron chi connectivity index (χ2n) is 4.25. The number of nitrogens with zero attached hydrogens (tertiary/aromatic N) is 2. The van der Waals surface area contributed by atoms with Crippen LogP contribution < -0.4 is 16.8 Å². The standard InChI is InChI=1S/C13H15N5O2/c14-9(7-12(15)19)13(20)17-10-3-1-2-4-11(10)18-6-5-16-8-18/h1-6,8-9H,7,14H2,(H2,15,19)(H,17,20). The predicted octanol–water partition coefficient (Wildman–Crippen LogP) is 0.0135. The van der Waals surface area contributed by atoms with E-state index in [4.69, 9.17) is 11.5 Å². The molecule has 0 spiro atoms. The topological polar surface area (TPSA) is 116 Å². The summed E-state index contributed by atoms with van der Waals surface area (Å²) in [5, 5.41) is 2.68. The van der Waals surface area contributed by atoms with Gasteiger partial charge in [0.2, 0.25) is 11.8 Å². The average Bonchev–Trinajstić information content (AvgIpc) is 2.92. The number of nitrogens with two attached hydrogens (primary N) is 2. The summed E-state index contributed by atoms with van der Waals surface area (Å²) < 4.78 is 1.76. The van der Waals surface area contributed by atoms with Gasteiger partial charge in [-0.25, -0.2) is 4.98 Å². The Morgan fingerprint density at radius 1 is 1.35 bits per heavy atom. The fourth-order valence-electron chi connectivity index (χ4n) is 1.74. The van der Waals surface area contributed by atoms with Crippen LogP contribution in [0.25, 0.3) is 5.69 Å². The highest BCUT2D eigenvalue weighted by molar-refractivity contribution is 5.98. The minimum absolute atomic E-state index is 0.195. The molecule has 5 N–H and O–H groups in total. The first-order valence-electron chi connectivity index (χ1n) is 6.00. The van der Waals surface area contributed by atoms with Crippen LogP contribution in [0.3, 0.4) is 0 Å². The molecule has 1 heterocycles. The van der Waals surface area contributed by atoms with Crippen molar-refractivity contribution in [2.75, 3.05) is 5.32 Å². The molecular formula is C13H15N5O2. The zero-order valence-electron chi connectivity index (χ0n) is 10.7. The molecule has 1 aromatic carbocycles. The molecule has 7 nitrogen and oxygen atoms in total. The second kappa shape index (κ2) is 5.98. The summed E-state index contributed by atoms with van der Waals surface area (Å²) in [7, 11) is 0. The summed E-state index contributed by atoms with van der Waals surface area (Å²) in [5.41, 5.74) is 12.0. The first-order valence-corrected chi connectivity index (χ1v) is 6.00. The van der Waals surface area contributed by atoms with Crippen LogP contribution in [0.2, 0.25) is 0 Å². The number of hydrogen-bond acceptors (Lipinski definition) is 4. The fraction of sp³-hybridized carbons (Fsp3) is 0.154. The largest absolute Gasteiger partial charge is 0.370 e. The van der Waals surface area contributed by atoms with Crippen molar-refractivity contribution in [2.45, 2.75) is 12.5 Å². The maximum absolute atomic E-state index is 11.9. The Kier molecular flexibility index (Phi) is 4.11. The number of nitrogens with one attached hydrogen (secondary N) is 1. The van der Waals surface area contributed by atoms with Crippen LogP contribution in [0, 0.1) is 0 Å². The van der Waals surface area contributed by atoms with Crippen molar-refractivity contribution in [2.24, 2.45) is 11.5 Å². The lowest BCUT2D eigenvalue weighted by molar-refractivity contribution is -0.123. The Hall–Kier alpha value is -2.67. The van der Waals surface area contributed by atoms with E-state index in [1.165, 1.54) is 0 Å². The monoisotopic (exact) mass is 273 g/mol. The quantitative estimate of drug-likeness (QED) is 0.711. The van der Waals surface area contributed by atoms with Crippen LogP contribution in [0.5, 0.6) is 0 Å². The third-order valence-electron chi connectivity index (χ3n) is 2.70. The molecule has 1 aromatic heterocycles. The van der Waals surface area contributed by atoms with E-state index in [0.717, 1.165) is 5.69 Å². The maximum Gasteiger partial charge on any atom is 0.241 e. The highest BCUT2D eigenvalue weighted by atomic mass is 16.2. The number of aromatic nitrogens is 2. The third kappa shape index (κ3) is 3.21. The van der Waals surface area contributed by atoms with Crippen LogP contribution in [0.1, 0.15) is 6.42 Å². The Labute approximate surface area is 115 Å². The number of carbonyl (C=O) groups excluding carboxylic acids is 2. The molecule has 2 aromatic rings. The molecule has 0 aliphatic rings. The Morgan fingerprint density at radius 2 is 2.10 bits per heavy atom. The van der Waals surface area contributed by atoms with Crippen molar-refractivity contribution in [1.29, 1.82) is 0 Å². The summed E-state index contributed by atoms with van der Waals surface area (Å²) >= 11 is 0. The van der Waals surface area contributed by atoms with E-state index in [-0.39, 0.29) is 6.42 Å². The first kappa shape index (κ1) is 13.8. The number of primary amides is 1. The summed E-state index contributed by atoms with van der Waals surface area (Å²) in [4.78, 5) is 26.6. The molecule has 0 fully saturated rings.